The van der Waals surface area contributed by atoms with Gasteiger partial charge in [-0.25, -0.2) is 4.79 Å². The fourth-order valence-electron chi connectivity index (χ4n) is 2.58. The van der Waals surface area contributed by atoms with Gasteiger partial charge >= 0.3 is 5.97 Å². The number of aromatic amines is 1. The molecule has 7 heteroatoms. The summed E-state index contributed by atoms with van der Waals surface area (Å²) in [6.07, 6.45) is 0. The average molecular weight is 381 g/mol. The van der Waals surface area contributed by atoms with Crippen LogP contribution in [0.5, 0.6) is 5.75 Å². The first-order valence-electron chi connectivity index (χ1n) is 7.86. The van der Waals surface area contributed by atoms with Gasteiger partial charge in [0.2, 0.25) is 0 Å². The van der Waals surface area contributed by atoms with E-state index in [2.05, 4.69) is 4.98 Å². The number of ether oxygens (including phenoxy) is 1. The van der Waals surface area contributed by atoms with Crippen molar-refractivity contribution in [3.05, 3.63) is 75.5 Å². The molecule has 0 aliphatic rings. The van der Waals surface area contributed by atoms with Crippen LogP contribution in [0.15, 0.2) is 59.4 Å². The second kappa shape index (κ2) is 7.77. The van der Waals surface area contributed by atoms with E-state index in [9.17, 15) is 14.9 Å². The third-order valence-corrected chi connectivity index (χ3v) is 4.06. The predicted octanol–water partition coefficient (Wildman–Crippen LogP) is 3.70. The standard InChI is InChI=1S/C20H13ClN2O4/c21-14-6-4-12(5-7-14)18-9-16(17(10-22)20(26)23-18)13-2-1-3-15(8-13)27-11-19(24)25/h1-9H,11H2,(H,23,26)(H,24,25). The van der Waals surface area contributed by atoms with E-state index in [-0.39, 0.29) is 5.56 Å². The molecule has 3 rings (SSSR count). The summed E-state index contributed by atoms with van der Waals surface area (Å²) in [6.45, 7) is -0.486. The topological polar surface area (TPSA) is 103 Å². The first-order valence-corrected chi connectivity index (χ1v) is 8.24. The quantitative estimate of drug-likeness (QED) is 0.702. The Hall–Kier alpha value is -3.56. The molecule has 0 aliphatic carbocycles. The van der Waals surface area contributed by atoms with Crippen LogP contribution in [-0.4, -0.2) is 22.7 Å². The van der Waals surface area contributed by atoms with Crippen molar-refractivity contribution in [3.8, 4) is 34.2 Å². The second-order valence-electron chi connectivity index (χ2n) is 5.63. The van der Waals surface area contributed by atoms with Crippen molar-refractivity contribution in [1.29, 1.82) is 5.26 Å². The van der Waals surface area contributed by atoms with Crippen molar-refractivity contribution in [3.63, 3.8) is 0 Å². The van der Waals surface area contributed by atoms with Crippen LogP contribution in [0.4, 0.5) is 0 Å². The van der Waals surface area contributed by atoms with Crippen LogP contribution in [0.1, 0.15) is 5.56 Å². The first-order chi connectivity index (χ1) is 13.0. The highest BCUT2D eigenvalue weighted by molar-refractivity contribution is 6.30. The number of rotatable bonds is 5. The number of carboxylic acids is 1. The highest BCUT2D eigenvalue weighted by Crippen LogP contribution is 2.29. The molecule has 27 heavy (non-hydrogen) atoms. The molecule has 1 heterocycles. The second-order valence-corrected chi connectivity index (χ2v) is 6.07. The van der Waals surface area contributed by atoms with E-state index in [1.807, 2.05) is 6.07 Å². The molecular formula is C20H13ClN2O4. The molecule has 0 aliphatic heterocycles. The lowest BCUT2D eigenvalue weighted by atomic mass is 9.99. The lowest BCUT2D eigenvalue weighted by Gasteiger charge is -2.10. The van der Waals surface area contributed by atoms with Crippen molar-refractivity contribution in [2.24, 2.45) is 0 Å². The van der Waals surface area contributed by atoms with E-state index in [1.54, 1.807) is 54.6 Å². The van der Waals surface area contributed by atoms with Crippen LogP contribution >= 0.6 is 11.6 Å². The number of nitrogens with zero attached hydrogens (tertiary/aromatic N) is 1. The van der Waals surface area contributed by atoms with Gasteiger partial charge in [-0.15, -0.1) is 0 Å². The van der Waals surface area contributed by atoms with Gasteiger partial charge in [0, 0.05) is 16.3 Å². The molecule has 134 valence electrons. The Morgan fingerprint density at radius 2 is 1.89 bits per heavy atom. The first kappa shape index (κ1) is 18.2. The van der Waals surface area contributed by atoms with Gasteiger partial charge in [-0.3, -0.25) is 4.79 Å². The number of nitrogens with one attached hydrogen (secondary N) is 1. The zero-order valence-electron chi connectivity index (χ0n) is 13.9. The van der Waals surface area contributed by atoms with Crippen molar-refractivity contribution >= 4 is 17.6 Å². The van der Waals surface area contributed by atoms with E-state index in [0.29, 0.717) is 27.6 Å². The molecule has 0 saturated carbocycles. The minimum Gasteiger partial charge on any atom is -0.482 e. The maximum Gasteiger partial charge on any atom is 0.341 e. The number of aliphatic carboxylic acids is 1. The number of pyridine rings is 1. The number of carbonyl (C=O) groups is 1. The van der Waals surface area contributed by atoms with E-state index in [1.165, 1.54) is 0 Å². The number of aromatic nitrogens is 1. The highest BCUT2D eigenvalue weighted by Gasteiger charge is 2.13. The van der Waals surface area contributed by atoms with Crippen molar-refractivity contribution in [1.82, 2.24) is 4.98 Å². The van der Waals surface area contributed by atoms with Gasteiger partial charge in [0.25, 0.3) is 5.56 Å². The SMILES string of the molecule is N#Cc1c(-c2cccc(OCC(=O)O)c2)cc(-c2ccc(Cl)cc2)[nH]c1=O. The molecule has 2 N–H and O–H groups in total. The molecule has 0 atom stereocenters. The Labute approximate surface area is 159 Å². The van der Waals surface area contributed by atoms with Gasteiger partial charge < -0.3 is 14.8 Å². The molecule has 1 aromatic heterocycles. The number of benzene rings is 2. The molecule has 0 fully saturated rings. The number of hydrogen-bond donors (Lipinski definition) is 2. The maximum absolute atomic E-state index is 12.4. The summed E-state index contributed by atoms with van der Waals surface area (Å²) in [5.41, 5.74) is 1.70. The van der Waals surface area contributed by atoms with Gasteiger partial charge in [-0.1, -0.05) is 35.9 Å². The third kappa shape index (κ3) is 4.17. The fourth-order valence-corrected chi connectivity index (χ4v) is 2.71. The fraction of sp³-hybridized carbons (Fsp3) is 0.0500. The molecular weight excluding hydrogens is 368 g/mol. The number of halogens is 1. The molecule has 2 aromatic carbocycles. The van der Waals surface area contributed by atoms with Crippen LogP contribution in [0, 0.1) is 11.3 Å². The largest absolute Gasteiger partial charge is 0.482 e. The molecule has 3 aromatic rings. The van der Waals surface area contributed by atoms with Crippen molar-refractivity contribution in [2.45, 2.75) is 0 Å². The zero-order chi connectivity index (χ0) is 19.4. The van der Waals surface area contributed by atoms with Crippen LogP contribution < -0.4 is 10.3 Å². The van der Waals surface area contributed by atoms with Gasteiger partial charge in [-0.05, 0) is 41.5 Å². The van der Waals surface area contributed by atoms with E-state index < -0.39 is 18.1 Å². The van der Waals surface area contributed by atoms with E-state index in [4.69, 9.17) is 21.4 Å². The molecule has 0 amide bonds. The lowest BCUT2D eigenvalue weighted by molar-refractivity contribution is -0.139. The summed E-state index contributed by atoms with van der Waals surface area (Å²) in [7, 11) is 0. The van der Waals surface area contributed by atoms with E-state index >= 15 is 0 Å². The van der Waals surface area contributed by atoms with Gasteiger partial charge in [0.1, 0.15) is 17.4 Å². The molecule has 6 nitrogen and oxygen atoms in total. The molecule has 0 spiro atoms. The molecule has 0 saturated heterocycles. The summed E-state index contributed by atoms with van der Waals surface area (Å²) in [6, 6.07) is 17.1. The Morgan fingerprint density at radius 1 is 1.15 bits per heavy atom. The minimum atomic E-state index is -1.10. The van der Waals surface area contributed by atoms with Crippen molar-refractivity contribution < 1.29 is 14.6 Å². The smallest absolute Gasteiger partial charge is 0.341 e. The van der Waals surface area contributed by atoms with Crippen LogP contribution in [0.25, 0.3) is 22.4 Å². The van der Waals surface area contributed by atoms with Gasteiger partial charge in [0.05, 0.1) is 0 Å². The van der Waals surface area contributed by atoms with Crippen LogP contribution in [0.3, 0.4) is 0 Å². The Morgan fingerprint density at radius 3 is 2.56 bits per heavy atom. The number of nitriles is 1. The molecule has 0 radical (unpaired) electrons. The van der Waals surface area contributed by atoms with E-state index in [0.717, 1.165) is 5.56 Å². The van der Waals surface area contributed by atoms with Gasteiger partial charge in [-0.2, -0.15) is 5.26 Å². The summed E-state index contributed by atoms with van der Waals surface area (Å²) < 4.78 is 5.18. The summed E-state index contributed by atoms with van der Waals surface area (Å²) in [5.74, 6) is -0.772. The summed E-state index contributed by atoms with van der Waals surface area (Å²) in [4.78, 5) is 25.8. The highest BCUT2D eigenvalue weighted by atomic mass is 35.5. The Bertz CT molecular complexity index is 1100. The Balaban J connectivity index is 2.10. The number of H-pyrrole nitrogens is 1. The normalized spacial score (nSPS) is 10.2. The molecule has 0 bridgehead atoms. The summed E-state index contributed by atoms with van der Waals surface area (Å²) in [5, 5.41) is 18.7. The zero-order valence-corrected chi connectivity index (χ0v) is 14.7. The summed E-state index contributed by atoms with van der Waals surface area (Å²) >= 11 is 5.90. The Kier molecular flexibility index (Phi) is 5.25. The van der Waals surface area contributed by atoms with Crippen LogP contribution in [0.2, 0.25) is 5.02 Å². The van der Waals surface area contributed by atoms with Crippen LogP contribution in [-0.2, 0) is 4.79 Å². The van der Waals surface area contributed by atoms with Crippen molar-refractivity contribution in [2.75, 3.05) is 6.61 Å². The predicted molar refractivity (Wildman–Crippen MR) is 101 cm³/mol. The minimum absolute atomic E-state index is 0.0388. The lowest BCUT2D eigenvalue weighted by Crippen LogP contribution is -2.13. The maximum atomic E-state index is 12.4. The van der Waals surface area contributed by atoms with Gasteiger partial charge in [0.15, 0.2) is 6.61 Å². The third-order valence-electron chi connectivity index (χ3n) is 3.81. The average Bonchev–Trinajstić information content (AvgIpc) is 2.66. The monoisotopic (exact) mass is 380 g/mol. The molecule has 0 unspecified atom stereocenters. The number of hydrogen-bond acceptors (Lipinski definition) is 4. The number of carboxylic acid groups (broad SMARTS) is 1.